The molecule has 3 fully saturated rings. The summed E-state index contributed by atoms with van der Waals surface area (Å²) in [7, 11) is 1.51. The second-order valence-electron chi connectivity index (χ2n) is 13.8. The van der Waals surface area contributed by atoms with Gasteiger partial charge in [-0.05, 0) is 74.2 Å². The van der Waals surface area contributed by atoms with Crippen LogP contribution in [0.25, 0.3) is 10.9 Å². The Morgan fingerprint density at radius 3 is 2.41 bits per heavy atom. The average Bonchev–Trinajstić information content (AvgIpc) is 4.05. The molecule has 3 atom stereocenters. The number of nitrogens with two attached hydrogens (primary N) is 1. The number of carboxylic acids is 1. The van der Waals surface area contributed by atoms with Crippen LogP contribution in [0.2, 0.25) is 0 Å². The lowest BCUT2D eigenvalue weighted by molar-refractivity contribution is -0.137. The van der Waals surface area contributed by atoms with Crippen molar-refractivity contribution in [2.24, 2.45) is 16.6 Å². The van der Waals surface area contributed by atoms with Crippen molar-refractivity contribution in [3.8, 4) is 23.0 Å². The molecule has 0 radical (unpaired) electrons. The largest absolute Gasteiger partial charge is 0.493 e. The van der Waals surface area contributed by atoms with Crippen LogP contribution in [0, 0.1) is 22.5 Å². The molecule has 0 bridgehead atoms. The van der Waals surface area contributed by atoms with Crippen LogP contribution in [0.4, 0.5) is 20.2 Å². The Morgan fingerprint density at radius 1 is 1.02 bits per heavy atom. The zero-order valence-electron chi connectivity index (χ0n) is 29.3. The highest BCUT2D eigenvalue weighted by Crippen LogP contribution is 2.53. The Bertz CT molecular complexity index is 2070. The van der Waals surface area contributed by atoms with Gasteiger partial charge in [0.05, 0.1) is 37.6 Å². The number of methoxy groups -OCH3 is 1. The number of rotatable bonds is 15. The average molecular weight is 768 g/mol. The molecule has 2 aliphatic carbocycles. The van der Waals surface area contributed by atoms with Crippen molar-refractivity contribution in [1.29, 1.82) is 0 Å². The van der Waals surface area contributed by atoms with Crippen LogP contribution in [0.1, 0.15) is 25.7 Å². The third-order valence-corrected chi connectivity index (χ3v) is 10.4. The summed E-state index contributed by atoms with van der Waals surface area (Å²) < 4.78 is 47.5. The number of ether oxygens (including phenoxy) is 3. The lowest BCUT2D eigenvalue weighted by Gasteiger charge is -2.27. The predicted molar refractivity (Wildman–Crippen MR) is 195 cm³/mol. The van der Waals surface area contributed by atoms with Gasteiger partial charge in [-0.15, -0.1) is 12.4 Å². The maximum Gasteiger partial charge on any atom is 0.317 e. The van der Waals surface area contributed by atoms with Crippen LogP contribution in [-0.4, -0.2) is 89.9 Å². The number of benzene rings is 3. The van der Waals surface area contributed by atoms with E-state index in [0.717, 1.165) is 55.5 Å². The number of amides is 2. The van der Waals surface area contributed by atoms with Crippen molar-refractivity contribution < 1.29 is 47.6 Å². The highest BCUT2D eigenvalue weighted by atomic mass is 35.5. The monoisotopic (exact) mass is 767 g/mol. The summed E-state index contributed by atoms with van der Waals surface area (Å²) in [6.45, 7) is 2.32. The van der Waals surface area contributed by atoms with Gasteiger partial charge in [-0.25, -0.2) is 8.78 Å². The second-order valence-corrected chi connectivity index (χ2v) is 13.8. The van der Waals surface area contributed by atoms with E-state index < -0.39 is 47.4 Å². The third kappa shape index (κ3) is 7.49. The van der Waals surface area contributed by atoms with Crippen molar-refractivity contribution in [2.75, 3.05) is 44.8 Å². The normalized spacial score (nSPS) is 21.0. The molecule has 1 spiro atoms. The van der Waals surface area contributed by atoms with E-state index in [1.54, 1.807) is 18.2 Å². The topological polar surface area (TPSA) is 177 Å². The van der Waals surface area contributed by atoms with Crippen LogP contribution in [0.15, 0.2) is 66.9 Å². The van der Waals surface area contributed by atoms with Gasteiger partial charge >= 0.3 is 5.97 Å². The zero-order valence-corrected chi connectivity index (χ0v) is 30.1. The van der Waals surface area contributed by atoms with Gasteiger partial charge in [0, 0.05) is 60.5 Å². The number of nitrogens with one attached hydrogen (secondary N) is 1. The molecular weight excluding hydrogens is 728 g/mol. The summed E-state index contributed by atoms with van der Waals surface area (Å²) in [5.74, 6) is -3.48. The molecule has 286 valence electrons. The molecule has 3 aliphatic rings. The van der Waals surface area contributed by atoms with E-state index in [-0.39, 0.29) is 53.2 Å². The fourth-order valence-electron chi connectivity index (χ4n) is 7.17. The molecule has 13 nitrogen and oxygen atoms in total. The van der Waals surface area contributed by atoms with Crippen LogP contribution in [-0.2, 0) is 14.4 Å². The van der Waals surface area contributed by atoms with E-state index in [2.05, 4.69) is 15.2 Å². The van der Waals surface area contributed by atoms with Crippen LogP contribution >= 0.6 is 12.4 Å². The second kappa shape index (κ2) is 15.3. The number of nitrogens with zero attached hydrogens (tertiary/aromatic N) is 3. The number of aliphatic carboxylic acids is 1. The van der Waals surface area contributed by atoms with E-state index in [1.165, 1.54) is 37.6 Å². The maximum absolute atomic E-state index is 15.9. The first-order valence-electron chi connectivity index (χ1n) is 17.3. The minimum Gasteiger partial charge on any atom is -0.493 e. The summed E-state index contributed by atoms with van der Waals surface area (Å²) in [5, 5.41) is 22.6. The van der Waals surface area contributed by atoms with E-state index >= 15 is 4.39 Å². The van der Waals surface area contributed by atoms with Gasteiger partial charge in [0.2, 0.25) is 11.8 Å². The fourth-order valence-corrected chi connectivity index (χ4v) is 7.17. The van der Waals surface area contributed by atoms with Crippen molar-refractivity contribution in [2.45, 2.75) is 37.8 Å². The predicted octanol–water partition coefficient (Wildman–Crippen LogP) is 4.54. The van der Waals surface area contributed by atoms with Crippen molar-refractivity contribution >= 4 is 52.5 Å². The van der Waals surface area contributed by atoms with Gasteiger partial charge in [-0.3, -0.25) is 29.2 Å². The number of carbonyl (C=O) groups excluding carboxylic acids is 2. The number of carbonyl (C=O) groups is 3. The van der Waals surface area contributed by atoms with Gasteiger partial charge in [0.1, 0.15) is 17.0 Å². The Balaban J connectivity index is 0.00000497. The summed E-state index contributed by atoms with van der Waals surface area (Å²) in [4.78, 5) is 45.6. The SMILES string of the molecule is COc1cc2c(Oc3ccc(N(C(=O)C4(C(N)=O)CC4NCC(=O)O)c4ccc(F)cc4)cc3F)ccnc2cc1OCCCN1CC(O)C2(CC2)C1.Cl. The Kier molecular flexibility index (Phi) is 11.0. The number of hydrogen-bond acceptors (Lipinski definition) is 10. The molecule has 7 rings (SSSR count). The summed E-state index contributed by atoms with van der Waals surface area (Å²) in [6, 6.07) is 12.7. The minimum absolute atomic E-state index is 0. The molecule has 5 N–H and O–H groups in total. The molecule has 4 aromatic rings. The standard InChI is InChI=1S/C38H39F2N5O8.ClH/c1-51-30-16-25-27(17-31(30)52-14-2-13-44-20-33(46)37(21-44)10-11-37)42-12-9-28(25)53-29-8-7-24(15-26(29)40)45(23-5-3-22(39)4-6-23)36(50)38(35(41)49)18-32(38)43-19-34(47)48;/h3-9,12,15-17,32-33,43,46H,2,10-11,13-14,18-21H2,1H3,(H2,41,49)(H,47,48);1H. The van der Waals surface area contributed by atoms with Crippen molar-refractivity contribution in [3.63, 3.8) is 0 Å². The minimum atomic E-state index is -1.82. The Labute approximate surface area is 315 Å². The number of likely N-dealkylation sites (tertiary alicyclic amines) is 1. The molecule has 1 saturated heterocycles. The zero-order chi connectivity index (χ0) is 37.5. The first-order valence-corrected chi connectivity index (χ1v) is 17.3. The van der Waals surface area contributed by atoms with Gasteiger partial charge < -0.3 is 35.5 Å². The lowest BCUT2D eigenvalue weighted by Crippen LogP contribution is -2.46. The molecule has 3 unspecified atom stereocenters. The number of hydrogen-bond donors (Lipinski definition) is 4. The fraction of sp³-hybridized carbons (Fsp3) is 0.368. The number of aromatic nitrogens is 1. The molecule has 2 heterocycles. The smallest absolute Gasteiger partial charge is 0.317 e. The van der Waals surface area contributed by atoms with Crippen molar-refractivity contribution in [1.82, 2.24) is 15.2 Å². The molecule has 3 aromatic carbocycles. The number of anilines is 2. The number of halogens is 3. The number of aliphatic hydroxyl groups is 1. The van der Waals surface area contributed by atoms with Crippen LogP contribution in [0.3, 0.4) is 0 Å². The maximum atomic E-state index is 15.9. The van der Waals surface area contributed by atoms with E-state index in [1.807, 2.05) is 0 Å². The molecule has 1 aliphatic heterocycles. The van der Waals surface area contributed by atoms with E-state index in [9.17, 15) is 23.9 Å². The number of carboxylic acid groups (broad SMARTS) is 1. The van der Waals surface area contributed by atoms with Gasteiger partial charge in [-0.1, -0.05) is 0 Å². The first-order chi connectivity index (χ1) is 25.4. The Morgan fingerprint density at radius 2 is 1.76 bits per heavy atom. The number of fused-ring (bicyclic) bond motifs is 1. The summed E-state index contributed by atoms with van der Waals surface area (Å²) in [5.41, 5.74) is 4.58. The summed E-state index contributed by atoms with van der Waals surface area (Å²) >= 11 is 0. The number of pyridine rings is 1. The molecular formula is C38H40ClF2N5O8. The van der Waals surface area contributed by atoms with Gasteiger partial charge in [-0.2, -0.15) is 0 Å². The van der Waals surface area contributed by atoms with Gasteiger partial charge in [0.25, 0.3) is 0 Å². The number of β-amino-alcohol motifs (C(OH)–C–C–N with tert-alkyl or cyclic N) is 1. The van der Waals surface area contributed by atoms with Gasteiger partial charge in [0.15, 0.2) is 23.1 Å². The molecule has 16 heteroatoms. The Hall–Kier alpha value is -5.09. The van der Waals surface area contributed by atoms with Crippen LogP contribution in [0.5, 0.6) is 23.0 Å². The lowest BCUT2D eigenvalue weighted by atomic mass is 10.0. The van der Waals surface area contributed by atoms with E-state index in [4.69, 9.17) is 25.1 Å². The third-order valence-electron chi connectivity index (χ3n) is 10.4. The molecule has 1 aromatic heterocycles. The highest BCUT2D eigenvalue weighted by molar-refractivity contribution is 6.17. The highest BCUT2D eigenvalue weighted by Gasteiger charge is 2.66. The first kappa shape index (κ1) is 38.6. The molecule has 2 amide bonds. The molecule has 2 saturated carbocycles. The number of aliphatic hydroxyl groups excluding tert-OH is 1. The van der Waals surface area contributed by atoms with E-state index in [0.29, 0.717) is 35.6 Å². The quantitative estimate of drug-likeness (QED) is 0.0987. The molecule has 54 heavy (non-hydrogen) atoms. The number of primary amides is 1. The van der Waals surface area contributed by atoms with Crippen LogP contribution < -0.4 is 30.2 Å². The summed E-state index contributed by atoms with van der Waals surface area (Å²) in [6.07, 6.45) is 4.09. The van der Waals surface area contributed by atoms with Crippen molar-refractivity contribution in [3.05, 3.63) is 78.5 Å².